The van der Waals surface area contributed by atoms with Crippen LogP contribution in [0, 0.1) is 0 Å². The predicted molar refractivity (Wildman–Crippen MR) is 70.2 cm³/mol. The van der Waals surface area contributed by atoms with Crippen molar-refractivity contribution in [1.29, 1.82) is 0 Å². The van der Waals surface area contributed by atoms with Gasteiger partial charge in [-0.15, -0.1) is 0 Å². The Balaban J connectivity index is 2.17. The molecule has 0 radical (unpaired) electrons. The van der Waals surface area contributed by atoms with E-state index in [0.717, 1.165) is 19.6 Å². The molecule has 1 aliphatic heterocycles. The zero-order valence-electron chi connectivity index (χ0n) is 11.4. The average molecular weight is 236 g/mol. The highest BCUT2D eigenvalue weighted by atomic mass is 15.2. The Kier molecular flexibility index (Phi) is 3.54. The van der Waals surface area contributed by atoms with Crippen LogP contribution in [0.5, 0.6) is 0 Å². The molecule has 1 fully saturated rings. The first-order valence-electron chi connectivity index (χ1n) is 6.41. The van der Waals surface area contributed by atoms with Gasteiger partial charge in [0.1, 0.15) is 0 Å². The van der Waals surface area contributed by atoms with Gasteiger partial charge in [0, 0.05) is 36.4 Å². The van der Waals surface area contributed by atoms with Crippen LogP contribution in [0.15, 0.2) is 12.5 Å². The van der Waals surface area contributed by atoms with E-state index >= 15 is 0 Å². The molecule has 1 N–H and O–H groups in total. The molecule has 4 nitrogen and oxygen atoms in total. The van der Waals surface area contributed by atoms with Crippen LogP contribution in [-0.4, -0.2) is 47.7 Å². The Labute approximate surface area is 104 Å². The fourth-order valence-corrected chi connectivity index (χ4v) is 2.45. The van der Waals surface area contributed by atoms with E-state index in [1.807, 2.05) is 12.5 Å². The summed E-state index contributed by atoms with van der Waals surface area (Å²) in [7, 11) is 4.25. The minimum Gasteiger partial charge on any atom is -0.332 e. The Bertz CT molecular complexity index is 363. The number of likely N-dealkylation sites (N-methyl/N-ethyl adjacent to an activating group) is 1. The highest BCUT2D eigenvalue weighted by molar-refractivity contribution is 5.17. The highest BCUT2D eigenvalue weighted by Crippen LogP contribution is 2.29. The number of aromatic nitrogens is 2. The number of hydrogen-bond acceptors (Lipinski definition) is 3. The number of nitrogens with zero attached hydrogens (tertiary/aromatic N) is 3. The van der Waals surface area contributed by atoms with E-state index < -0.39 is 0 Å². The van der Waals surface area contributed by atoms with Crippen molar-refractivity contribution in [2.24, 2.45) is 0 Å². The van der Waals surface area contributed by atoms with Crippen molar-refractivity contribution in [3.8, 4) is 0 Å². The zero-order chi connectivity index (χ0) is 12.5. The van der Waals surface area contributed by atoms with Crippen molar-refractivity contribution in [2.75, 3.05) is 27.2 Å². The number of rotatable bonds is 4. The van der Waals surface area contributed by atoms with Crippen LogP contribution < -0.4 is 5.32 Å². The minimum atomic E-state index is 0.253. The lowest BCUT2D eigenvalue weighted by Gasteiger charge is -2.27. The summed E-state index contributed by atoms with van der Waals surface area (Å²) in [5, 5.41) is 3.45. The van der Waals surface area contributed by atoms with Crippen LogP contribution in [0.2, 0.25) is 0 Å². The van der Waals surface area contributed by atoms with Gasteiger partial charge < -0.3 is 14.8 Å². The first-order chi connectivity index (χ1) is 8.03. The van der Waals surface area contributed by atoms with E-state index in [1.165, 1.54) is 12.1 Å². The van der Waals surface area contributed by atoms with Gasteiger partial charge in [-0.2, -0.15) is 0 Å². The average Bonchev–Trinajstić information content (AvgIpc) is 2.87. The van der Waals surface area contributed by atoms with Crippen molar-refractivity contribution >= 4 is 0 Å². The molecule has 4 heteroatoms. The fraction of sp³-hybridized carbons (Fsp3) is 0.769. The summed E-state index contributed by atoms with van der Waals surface area (Å²) in [6.07, 6.45) is 5.21. The smallest absolute Gasteiger partial charge is 0.0948 e. The molecule has 1 saturated heterocycles. The van der Waals surface area contributed by atoms with Crippen LogP contribution in [0.1, 0.15) is 26.0 Å². The van der Waals surface area contributed by atoms with Gasteiger partial charge in [0.15, 0.2) is 0 Å². The summed E-state index contributed by atoms with van der Waals surface area (Å²) in [6.45, 7) is 7.78. The lowest BCUT2D eigenvalue weighted by atomic mass is 9.86. The Hall–Kier alpha value is -0.870. The largest absolute Gasteiger partial charge is 0.332 e. The van der Waals surface area contributed by atoms with Gasteiger partial charge in [0.25, 0.3) is 0 Å². The quantitative estimate of drug-likeness (QED) is 0.849. The molecule has 0 amide bonds. The number of nitrogens with one attached hydrogen (secondary N) is 1. The van der Waals surface area contributed by atoms with Crippen molar-refractivity contribution < 1.29 is 0 Å². The summed E-state index contributed by atoms with van der Waals surface area (Å²) in [5.41, 5.74) is 1.62. The second kappa shape index (κ2) is 4.78. The molecular weight excluding hydrogens is 212 g/mol. The molecule has 0 saturated carbocycles. The van der Waals surface area contributed by atoms with Crippen molar-refractivity contribution in [3.63, 3.8) is 0 Å². The summed E-state index contributed by atoms with van der Waals surface area (Å²) in [4.78, 5) is 6.59. The minimum absolute atomic E-state index is 0.253. The normalized spacial score (nSPS) is 26.6. The molecule has 96 valence electrons. The third-order valence-electron chi connectivity index (χ3n) is 4.04. The number of hydrogen-bond donors (Lipinski definition) is 1. The van der Waals surface area contributed by atoms with Crippen LogP contribution in [-0.2, 0) is 12.0 Å². The van der Waals surface area contributed by atoms with Gasteiger partial charge in [-0.3, -0.25) is 0 Å². The topological polar surface area (TPSA) is 33.1 Å². The molecule has 1 aromatic rings. The molecule has 1 aliphatic rings. The summed E-state index contributed by atoms with van der Waals surface area (Å²) < 4.78 is 2.32. The van der Waals surface area contributed by atoms with Crippen LogP contribution in [0.25, 0.3) is 0 Å². The Morgan fingerprint density at radius 1 is 1.59 bits per heavy atom. The first kappa shape index (κ1) is 12.6. The van der Waals surface area contributed by atoms with Crippen molar-refractivity contribution in [2.45, 2.75) is 38.3 Å². The molecule has 0 bridgehead atoms. The van der Waals surface area contributed by atoms with Gasteiger partial charge in [-0.25, -0.2) is 4.98 Å². The lowest BCUT2D eigenvalue weighted by molar-refractivity contribution is 0.277. The maximum absolute atomic E-state index is 4.34. The molecule has 17 heavy (non-hydrogen) atoms. The van der Waals surface area contributed by atoms with E-state index in [9.17, 15) is 0 Å². The van der Waals surface area contributed by atoms with E-state index in [0.29, 0.717) is 6.04 Å². The summed E-state index contributed by atoms with van der Waals surface area (Å²) >= 11 is 0. The molecule has 1 aromatic heterocycles. The van der Waals surface area contributed by atoms with Crippen molar-refractivity contribution in [1.82, 2.24) is 19.8 Å². The Morgan fingerprint density at radius 2 is 2.35 bits per heavy atom. The number of imidazole rings is 1. The highest BCUT2D eigenvalue weighted by Gasteiger charge is 2.33. The molecule has 0 aromatic carbocycles. The van der Waals surface area contributed by atoms with Crippen LogP contribution in [0.3, 0.4) is 0 Å². The van der Waals surface area contributed by atoms with E-state index in [-0.39, 0.29) is 5.41 Å². The molecule has 2 heterocycles. The van der Waals surface area contributed by atoms with Gasteiger partial charge in [0.2, 0.25) is 0 Å². The molecule has 0 aliphatic carbocycles. The zero-order valence-corrected chi connectivity index (χ0v) is 11.4. The molecule has 0 spiro atoms. The second-order valence-electron chi connectivity index (χ2n) is 5.73. The van der Waals surface area contributed by atoms with Gasteiger partial charge in [-0.05, 0) is 34.0 Å². The van der Waals surface area contributed by atoms with Crippen LogP contribution in [0.4, 0.5) is 0 Å². The molecule has 2 atom stereocenters. The predicted octanol–water partition coefficient (Wildman–Crippen LogP) is 1.08. The maximum Gasteiger partial charge on any atom is 0.0948 e. The standard InChI is InChI=1S/C13H24N4/c1-11(16(3)4)8-17-10-15-7-12(17)13(2)5-6-14-9-13/h7,10-11,14H,5-6,8-9H2,1-4H3. The lowest BCUT2D eigenvalue weighted by Crippen LogP contribution is -2.33. The van der Waals surface area contributed by atoms with Crippen molar-refractivity contribution in [3.05, 3.63) is 18.2 Å². The second-order valence-corrected chi connectivity index (χ2v) is 5.73. The maximum atomic E-state index is 4.34. The van der Waals surface area contributed by atoms with Gasteiger partial charge in [-0.1, -0.05) is 6.92 Å². The summed E-state index contributed by atoms with van der Waals surface area (Å²) in [5.74, 6) is 0. The third-order valence-corrected chi connectivity index (χ3v) is 4.04. The first-order valence-corrected chi connectivity index (χ1v) is 6.41. The molecule has 2 rings (SSSR count). The van der Waals surface area contributed by atoms with E-state index in [4.69, 9.17) is 0 Å². The van der Waals surface area contributed by atoms with Crippen LogP contribution >= 0.6 is 0 Å². The van der Waals surface area contributed by atoms with E-state index in [1.54, 1.807) is 0 Å². The monoisotopic (exact) mass is 236 g/mol. The molecular formula is C13H24N4. The van der Waals surface area contributed by atoms with E-state index in [2.05, 4.69) is 47.7 Å². The fourth-order valence-electron chi connectivity index (χ4n) is 2.45. The van der Waals surface area contributed by atoms with Gasteiger partial charge >= 0.3 is 0 Å². The summed E-state index contributed by atoms with van der Waals surface area (Å²) in [6, 6.07) is 0.529. The third kappa shape index (κ3) is 2.53. The Morgan fingerprint density at radius 3 is 2.94 bits per heavy atom. The molecule has 2 unspecified atom stereocenters. The SMILES string of the molecule is CC(Cn1cncc1C1(C)CCNC1)N(C)C. The van der Waals surface area contributed by atoms with Gasteiger partial charge in [0.05, 0.1) is 6.33 Å².